The molecule has 0 unspecified atom stereocenters. The van der Waals surface area contributed by atoms with Crippen LogP contribution >= 0.6 is 0 Å². The molecule has 1 aromatic carbocycles. The molecule has 2 rings (SSSR count). The minimum atomic E-state index is -0.530. The zero-order chi connectivity index (χ0) is 14.9. The minimum Gasteiger partial charge on any atom is -0.508 e. The maximum atomic E-state index is 12.1. The fourth-order valence-corrected chi connectivity index (χ4v) is 2.02. The normalized spacial score (nSPS) is 10.5. The summed E-state index contributed by atoms with van der Waals surface area (Å²) in [7, 11) is 0. The van der Waals surface area contributed by atoms with Crippen molar-refractivity contribution in [2.24, 2.45) is 0 Å². The Morgan fingerprint density at radius 1 is 1.50 bits per heavy atom. The Morgan fingerprint density at radius 2 is 2.20 bits per heavy atom. The van der Waals surface area contributed by atoms with E-state index in [1.54, 1.807) is 32.1 Å². The summed E-state index contributed by atoms with van der Waals surface area (Å²) >= 11 is 0. The lowest BCUT2D eigenvalue weighted by atomic mass is 10.0. The third kappa shape index (κ3) is 2.20. The van der Waals surface area contributed by atoms with E-state index < -0.39 is 5.63 Å². The van der Waals surface area contributed by atoms with Gasteiger partial charge in [0.1, 0.15) is 29.3 Å². The van der Waals surface area contributed by atoms with Gasteiger partial charge >= 0.3 is 5.63 Å². The third-order valence-corrected chi connectivity index (χ3v) is 3.02. The summed E-state index contributed by atoms with van der Waals surface area (Å²) < 4.78 is 10.9. The summed E-state index contributed by atoms with van der Waals surface area (Å²) in [5.41, 5.74) is 1.16. The number of ether oxygens (including phenoxy) is 1. The molecule has 4 nitrogen and oxygen atoms in total. The van der Waals surface area contributed by atoms with E-state index in [9.17, 15) is 9.90 Å². The van der Waals surface area contributed by atoms with Gasteiger partial charge in [0.05, 0.1) is 5.39 Å². The van der Waals surface area contributed by atoms with Gasteiger partial charge < -0.3 is 14.3 Å². The number of aryl methyl sites for hydroxylation is 1. The lowest BCUT2D eigenvalue weighted by Crippen LogP contribution is -2.10. The first kappa shape index (κ1) is 13.9. The van der Waals surface area contributed by atoms with Crippen LogP contribution in [0.25, 0.3) is 16.5 Å². The van der Waals surface area contributed by atoms with E-state index in [0.717, 1.165) is 0 Å². The molecule has 0 atom stereocenters. The molecule has 20 heavy (non-hydrogen) atoms. The van der Waals surface area contributed by atoms with Crippen LogP contribution in [-0.2, 0) is 0 Å². The van der Waals surface area contributed by atoms with Gasteiger partial charge in [-0.05, 0) is 31.6 Å². The highest BCUT2D eigenvalue weighted by Crippen LogP contribution is 2.35. The van der Waals surface area contributed by atoms with E-state index in [2.05, 4.69) is 13.2 Å². The van der Waals surface area contributed by atoms with Gasteiger partial charge in [0.15, 0.2) is 0 Å². The van der Waals surface area contributed by atoms with Crippen molar-refractivity contribution in [2.75, 3.05) is 6.61 Å². The molecule has 0 fully saturated rings. The summed E-state index contributed by atoms with van der Waals surface area (Å²) in [6, 6.07) is 3.20. The quantitative estimate of drug-likeness (QED) is 0.684. The van der Waals surface area contributed by atoms with Crippen LogP contribution in [0.3, 0.4) is 0 Å². The first-order chi connectivity index (χ1) is 9.47. The van der Waals surface area contributed by atoms with Crippen molar-refractivity contribution in [1.29, 1.82) is 0 Å². The molecular weight excluding hydrogens is 256 g/mol. The standard InChI is InChI=1S/C16H16O4/c1-5-8-19-15-11-6-7-12(17)10(4)14(11)20-16(18)13(15)9(2)3/h5-7,17H,1-2,8H2,3-4H3. The molecule has 0 aliphatic rings. The van der Waals surface area contributed by atoms with Gasteiger partial charge in [-0.3, -0.25) is 0 Å². The van der Waals surface area contributed by atoms with E-state index in [4.69, 9.17) is 9.15 Å². The number of phenols is 1. The van der Waals surface area contributed by atoms with Crippen LogP contribution in [0.4, 0.5) is 0 Å². The lowest BCUT2D eigenvalue weighted by molar-refractivity contribution is 0.362. The molecule has 1 aromatic heterocycles. The SMILES string of the molecule is C=CCOc1c(C(=C)C)c(=O)oc2c(C)c(O)ccc12. The van der Waals surface area contributed by atoms with Crippen LogP contribution in [0.15, 0.2) is 40.6 Å². The fraction of sp³-hybridized carbons (Fsp3) is 0.188. The topological polar surface area (TPSA) is 59.7 Å². The first-order valence-electron chi connectivity index (χ1n) is 6.16. The Bertz CT molecular complexity index is 753. The number of benzene rings is 1. The van der Waals surface area contributed by atoms with E-state index in [1.165, 1.54) is 0 Å². The molecule has 0 amide bonds. The summed E-state index contributed by atoms with van der Waals surface area (Å²) in [5, 5.41) is 10.3. The Kier molecular flexibility index (Phi) is 3.66. The van der Waals surface area contributed by atoms with E-state index in [-0.39, 0.29) is 12.4 Å². The van der Waals surface area contributed by atoms with Crippen LogP contribution in [-0.4, -0.2) is 11.7 Å². The Morgan fingerprint density at radius 3 is 2.80 bits per heavy atom. The highest BCUT2D eigenvalue weighted by atomic mass is 16.5. The number of phenolic OH excluding ortho intramolecular Hbond substituents is 1. The molecule has 4 heteroatoms. The molecule has 1 heterocycles. The van der Waals surface area contributed by atoms with Gasteiger partial charge in [0, 0.05) is 5.56 Å². The second kappa shape index (κ2) is 5.25. The Hall–Kier alpha value is -2.49. The molecule has 0 saturated carbocycles. The summed E-state index contributed by atoms with van der Waals surface area (Å²) in [5.74, 6) is 0.477. The lowest BCUT2D eigenvalue weighted by Gasteiger charge is -2.13. The second-order valence-corrected chi connectivity index (χ2v) is 4.56. The molecule has 0 spiro atoms. The third-order valence-electron chi connectivity index (χ3n) is 3.02. The van der Waals surface area contributed by atoms with Gasteiger partial charge in [-0.1, -0.05) is 19.2 Å². The zero-order valence-electron chi connectivity index (χ0n) is 11.5. The van der Waals surface area contributed by atoms with E-state index in [0.29, 0.717) is 33.4 Å². The number of hydrogen-bond donors (Lipinski definition) is 1. The Labute approximate surface area is 116 Å². The van der Waals surface area contributed by atoms with E-state index >= 15 is 0 Å². The minimum absolute atomic E-state index is 0.0680. The smallest absolute Gasteiger partial charge is 0.347 e. The van der Waals surface area contributed by atoms with Crippen LogP contribution in [0.1, 0.15) is 18.1 Å². The summed E-state index contributed by atoms with van der Waals surface area (Å²) in [6.45, 7) is 11.0. The van der Waals surface area contributed by atoms with Crippen molar-refractivity contribution < 1.29 is 14.3 Å². The number of allylic oxidation sites excluding steroid dienone is 1. The molecule has 1 N–H and O–H groups in total. The van der Waals surface area contributed by atoms with Gasteiger partial charge in [-0.2, -0.15) is 0 Å². The molecule has 0 radical (unpaired) electrons. The molecule has 0 bridgehead atoms. The van der Waals surface area contributed by atoms with Crippen molar-refractivity contribution in [3.05, 3.63) is 52.9 Å². The maximum Gasteiger partial charge on any atom is 0.347 e. The predicted molar refractivity (Wildman–Crippen MR) is 79.3 cm³/mol. The van der Waals surface area contributed by atoms with Crippen molar-refractivity contribution in [3.8, 4) is 11.5 Å². The van der Waals surface area contributed by atoms with E-state index in [1.807, 2.05) is 0 Å². The average molecular weight is 272 g/mol. The molecule has 2 aromatic rings. The van der Waals surface area contributed by atoms with Gasteiger partial charge in [0.2, 0.25) is 0 Å². The van der Waals surface area contributed by atoms with Gasteiger partial charge in [-0.25, -0.2) is 4.79 Å². The number of aromatic hydroxyl groups is 1. The van der Waals surface area contributed by atoms with Crippen LogP contribution in [0, 0.1) is 6.92 Å². The molecule has 104 valence electrons. The monoisotopic (exact) mass is 272 g/mol. The predicted octanol–water partition coefficient (Wildman–Crippen LogP) is 3.40. The summed E-state index contributed by atoms with van der Waals surface area (Å²) in [4.78, 5) is 12.1. The van der Waals surface area contributed by atoms with Crippen molar-refractivity contribution in [3.63, 3.8) is 0 Å². The van der Waals surface area contributed by atoms with Gasteiger partial charge in [-0.15, -0.1) is 0 Å². The van der Waals surface area contributed by atoms with Crippen LogP contribution < -0.4 is 10.4 Å². The van der Waals surface area contributed by atoms with Crippen LogP contribution in [0.2, 0.25) is 0 Å². The number of rotatable bonds is 4. The summed E-state index contributed by atoms with van der Waals surface area (Å²) in [6.07, 6.45) is 1.59. The maximum absolute atomic E-state index is 12.1. The average Bonchev–Trinajstić information content (AvgIpc) is 2.40. The first-order valence-corrected chi connectivity index (χ1v) is 6.16. The second-order valence-electron chi connectivity index (χ2n) is 4.56. The van der Waals surface area contributed by atoms with Gasteiger partial charge in [0.25, 0.3) is 0 Å². The zero-order valence-corrected chi connectivity index (χ0v) is 11.5. The van der Waals surface area contributed by atoms with Crippen LogP contribution in [0.5, 0.6) is 11.5 Å². The van der Waals surface area contributed by atoms with Crippen molar-refractivity contribution >= 4 is 16.5 Å². The highest BCUT2D eigenvalue weighted by molar-refractivity contribution is 5.91. The highest BCUT2D eigenvalue weighted by Gasteiger charge is 2.18. The van der Waals surface area contributed by atoms with Crippen molar-refractivity contribution in [1.82, 2.24) is 0 Å². The molecule has 0 aliphatic carbocycles. The Balaban J connectivity index is 2.90. The largest absolute Gasteiger partial charge is 0.508 e. The number of hydrogen-bond acceptors (Lipinski definition) is 4. The molecule has 0 aliphatic heterocycles. The number of fused-ring (bicyclic) bond motifs is 1. The molecular formula is C16H16O4. The molecule has 0 saturated heterocycles. The fourth-order valence-electron chi connectivity index (χ4n) is 2.02. The van der Waals surface area contributed by atoms with Crippen molar-refractivity contribution in [2.45, 2.75) is 13.8 Å².